The number of nitrogens with zero attached hydrogens (tertiary/aromatic N) is 2. The van der Waals surface area contributed by atoms with Crippen LogP contribution in [0.4, 0.5) is 18.9 Å². The third kappa shape index (κ3) is 5.66. The van der Waals surface area contributed by atoms with Crippen molar-refractivity contribution in [2.75, 3.05) is 4.90 Å². The molecular weight excluding hydrogens is 602 g/mol. The van der Waals surface area contributed by atoms with E-state index in [9.17, 15) is 23.2 Å². The van der Waals surface area contributed by atoms with Crippen LogP contribution in [0.2, 0.25) is 10.0 Å². The van der Waals surface area contributed by atoms with Gasteiger partial charge in [-0.1, -0.05) is 47.0 Å². The smallest absolute Gasteiger partial charge is 0.384 e. The van der Waals surface area contributed by atoms with Crippen molar-refractivity contribution in [2.24, 2.45) is 5.73 Å². The Hall–Kier alpha value is -3.38. The van der Waals surface area contributed by atoms with Gasteiger partial charge >= 0.3 is 6.18 Å². The first-order chi connectivity index (χ1) is 19.9. The maximum Gasteiger partial charge on any atom is 0.416 e. The maximum absolute atomic E-state index is 13.6. The number of anilines is 1. The Morgan fingerprint density at radius 2 is 1.86 bits per heavy atom. The molecule has 3 aromatic carbocycles. The molecule has 1 aliphatic carbocycles. The average Bonchev–Trinajstić information content (AvgIpc) is 2.94. The summed E-state index contributed by atoms with van der Waals surface area (Å²) in [6.07, 6.45) is -3.31. The molecule has 0 aromatic heterocycles. The predicted molar refractivity (Wildman–Crippen MR) is 161 cm³/mol. The first-order valence-electron chi connectivity index (χ1n) is 13.2. The molecule has 0 fully saturated rings. The van der Waals surface area contributed by atoms with Crippen molar-refractivity contribution in [1.29, 1.82) is 5.26 Å². The summed E-state index contributed by atoms with van der Waals surface area (Å²) >= 11 is 14.1. The number of benzene rings is 3. The number of Topliss-reactive ketones (excluding diaryl/α,β-unsaturated/α-hetero) is 1. The van der Waals surface area contributed by atoms with Crippen LogP contribution in [0.3, 0.4) is 0 Å². The molecule has 0 spiro atoms. The van der Waals surface area contributed by atoms with Gasteiger partial charge in [-0.05, 0) is 79.8 Å². The summed E-state index contributed by atoms with van der Waals surface area (Å²) in [5.41, 5.74) is 10.6. The van der Waals surface area contributed by atoms with Crippen LogP contribution >= 0.6 is 35.0 Å². The molecule has 5 rings (SSSR count). The van der Waals surface area contributed by atoms with Gasteiger partial charge in [-0.3, -0.25) is 9.69 Å². The molecule has 2 N–H and O–H groups in total. The van der Waals surface area contributed by atoms with Gasteiger partial charge in [0.2, 0.25) is 0 Å². The predicted octanol–water partition coefficient (Wildman–Crippen LogP) is 9.23. The van der Waals surface area contributed by atoms with Crippen LogP contribution in [0.1, 0.15) is 53.0 Å². The number of nitriles is 1. The number of ketones is 1. The molecule has 0 bridgehead atoms. The fraction of sp³-hybridized carbons (Fsp3) is 0.250. The molecule has 1 aliphatic heterocycles. The number of hydrogen-bond acceptors (Lipinski definition) is 5. The SMILES string of the molecule is Cc1cc(CSc2cc(Cl)ccc2Cl)c(C)c(C2C(C#N)=C(N)N(c3cccc(C(F)(F)F)c3)C3=C2C(=O)CCC3)c1. The van der Waals surface area contributed by atoms with Crippen LogP contribution in [0.15, 0.2) is 82.2 Å². The zero-order valence-corrected chi connectivity index (χ0v) is 25.1. The minimum absolute atomic E-state index is 0.0258. The van der Waals surface area contributed by atoms with Gasteiger partial charge in [-0.2, -0.15) is 18.4 Å². The van der Waals surface area contributed by atoms with E-state index in [0.29, 0.717) is 39.9 Å². The van der Waals surface area contributed by atoms with E-state index in [0.717, 1.165) is 39.3 Å². The first kappa shape index (κ1) is 30.1. The molecule has 0 saturated carbocycles. The number of alkyl halides is 3. The molecule has 2 aliphatic rings. The van der Waals surface area contributed by atoms with Gasteiger partial charge < -0.3 is 5.73 Å². The molecule has 1 heterocycles. The Morgan fingerprint density at radius 3 is 2.57 bits per heavy atom. The van der Waals surface area contributed by atoms with Crippen LogP contribution in [-0.4, -0.2) is 5.78 Å². The number of hydrogen-bond donors (Lipinski definition) is 1. The number of rotatable bonds is 5. The van der Waals surface area contributed by atoms with Crippen LogP contribution in [0.25, 0.3) is 0 Å². The van der Waals surface area contributed by atoms with Gasteiger partial charge in [-0.25, -0.2) is 0 Å². The summed E-state index contributed by atoms with van der Waals surface area (Å²) in [5, 5.41) is 11.6. The molecule has 0 amide bonds. The highest BCUT2D eigenvalue weighted by atomic mass is 35.5. The largest absolute Gasteiger partial charge is 0.416 e. The second kappa shape index (κ2) is 11.7. The Kier molecular flexibility index (Phi) is 8.39. The average molecular weight is 629 g/mol. The molecule has 42 heavy (non-hydrogen) atoms. The van der Waals surface area contributed by atoms with E-state index in [4.69, 9.17) is 28.9 Å². The van der Waals surface area contributed by atoms with Crippen molar-refractivity contribution in [3.8, 4) is 6.07 Å². The van der Waals surface area contributed by atoms with Crippen molar-refractivity contribution < 1.29 is 18.0 Å². The highest BCUT2D eigenvalue weighted by Gasteiger charge is 2.41. The second-order valence-corrected chi connectivity index (χ2v) is 12.2. The lowest BCUT2D eigenvalue weighted by Crippen LogP contribution is -2.39. The van der Waals surface area contributed by atoms with Crippen LogP contribution in [-0.2, 0) is 16.7 Å². The molecule has 0 saturated heterocycles. The minimum atomic E-state index is -4.56. The number of carbonyl (C=O) groups excluding carboxylic acids is 1. The van der Waals surface area contributed by atoms with E-state index in [1.807, 2.05) is 19.9 Å². The number of nitrogens with two attached hydrogens (primary N) is 1. The number of allylic oxidation sites excluding steroid dienone is 3. The summed E-state index contributed by atoms with van der Waals surface area (Å²) in [4.78, 5) is 15.9. The highest BCUT2D eigenvalue weighted by Crippen LogP contribution is 2.48. The minimum Gasteiger partial charge on any atom is -0.384 e. The molecule has 1 atom stereocenters. The summed E-state index contributed by atoms with van der Waals surface area (Å²) in [6.45, 7) is 3.89. The van der Waals surface area contributed by atoms with Gasteiger partial charge in [0.1, 0.15) is 5.82 Å². The molecule has 3 aromatic rings. The summed E-state index contributed by atoms with van der Waals surface area (Å²) in [7, 11) is 0. The maximum atomic E-state index is 13.6. The van der Waals surface area contributed by atoms with Crippen LogP contribution in [0, 0.1) is 25.2 Å². The van der Waals surface area contributed by atoms with Gasteiger partial charge in [0.15, 0.2) is 5.78 Å². The summed E-state index contributed by atoms with van der Waals surface area (Å²) in [5.74, 6) is -0.290. The lowest BCUT2D eigenvalue weighted by Gasteiger charge is -2.40. The standard InChI is InChI=1S/C32H26Cl2F3N3OS/c1-17-11-19(16-42-28-14-21(33)9-10-25(28)34)18(2)23(12-17)29-24(15-38)31(39)40(26-7-4-8-27(41)30(26)29)22-6-3-5-20(13-22)32(35,36)37/h3,5-6,9-14,29H,4,7-8,16,39H2,1-2H3. The van der Waals surface area contributed by atoms with Crippen molar-refractivity contribution in [1.82, 2.24) is 0 Å². The lowest BCUT2D eigenvalue weighted by atomic mass is 9.73. The quantitative estimate of drug-likeness (QED) is 0.285. The normalized spacial score (nSPS) is 17.4. The van der Waals surface area contributed by atoms with E-state index in [1.54, 1.807) is 18.2 Å². The van der Waals surface area contributed by atoms with Crippen LogP contribution < -0.4 is 10.6 Å². The topological polar surface area (TPSA) is 70.1 Å². The lowest BCUT2D eigenvalue weighted by molar-refractivity contribution is -0.137. The second-order valence-electron chi connectivity index (χ2n) is 10.4. The van der Waals surface area contributed by atoms with Crippen molar-refractivity contribution in [3.05, 3.63) is 115 Å². The number of carbonyl (C=O) groups is 1. The third-order valence-electron chi connectivity index (χ3n) is 7.63. The van der Waals surface area contributed by atoms with E-state index in [1.165, 1.54) is 28.8 Å². The first-order valence-corrected chi connectivity index (χ1v) is 15.0. The number of thioether (sulfide) groups is 1. The number of halogens is 5. The Morgan fingerprint density at radius 1 is 1.10 bits per heavy atom. The fourth-order valence-electron chi connectivity index (χ4n) is 5.67. The van der Waals surface area contributed by atoms with Gasteiger partial charge in [0.25, 0.3) is 0 Å². The summed E-state index contributed by atoms with van der Waals surface area (Å²) in [6, 6.07) is 16.3. The van der Waals surface area contributed by atoms with Gasteiger partial charge in [-0.15, -0.1) is 11.8 Å². The van der Waals surface area contributed by atoms with E-state index in [-0.39, 0.29) is 29.3 Å². The van der Waals surface area contributed by atoms with Crippen LogP contribution in [0.5, 0.6) is 0 Å². The Labute approximate surface area is 256 Å². The number of aryl methyl sites for hydroxylation is 1. The van der Waals surface area contributed by atoms with Gasteiger partial charge in [0.05, 0.1) is 28.1 Å². The van der Waals surface area contributed by atoms with E-state index >= 15 is 0 Å². The molecular formula is C32H26Cl2F3N3OS. The van der Waals surface area contributed by atoms with Crippen molar-refractivity contribution >= 4 is 46.4 Å². The van der Waals surface area contributed by atoms with Crippen molar-refractivity contribution in [3.63, 3.8) is 0 Å². The van der Waals surface area contributed by atoms with E-state index < -0.39 is 17.7 Å². The zero-order valence-electron chi connectivity index (χ0n) is 22.8. The Balaban J connectivity index is 1.64. The summed E-state index contributed by atoms with van der Waals surface area (Å²) < 4.78 is 40.8. The molecule has 1 unspecified atom stereocenters. The molecule has 10 heteroatoms. The van der Waals surface area contributed by atoms with Gasteiger partial charge in [0, 0.05) is 39.0 Å². The monoisotopic (exact) mass is 627 g/mol. The molecule has 216 valence electrons. The molecule has 0 radical (unpaired) electrons. The molecule has 4 nitrogen and oxygen atoms in total. The third-order valence-corrected chi connectivity index (χ3v) is 9.41. The highest BCUT2D eigenvalue weighted by molar-refractivity contribution is 7.98. The Bertz CT molecular complexity index is 1710. The van der Waals surface area contributed by atoms with Crippen molar-refractivity contribution in [2.45, 2.75) is 55.9 Å². The fourth-order valence-corrected chi connectivity index (χ4v) is 7.22. The zero-order chi connectivity index (χ0) is 30.3. The van der Waals surface area contributed by atoms with E-state index in [2.05, 4.69) is 12.1 Å².